The molecule has 0 radical (unpaired) electrons. The van der Waals surface area contributed by atoms with Crippen molar-refractivity contribution in [2.24, 2.45) is 0 Å². The molecule has 3 aromatic rings. The summed E-state index contributed by atoms with van der Waals surface area (Å²) in [6.07, 6.45) is 0.591. The van der Waals surface area contributed by atoms with Gasteiger partial charge in [-0.15, -0.1) is 0 Å². The average Bonchev–Trinajstić information content (AvgIpc) is 3.35. The molecule has 2 unspecified atom stereocenters. The number of hydrogen-bond acceptors (Lipinski definition) is 6. The van der Waals surface area contributed by atoms with Crippen LogP contribution in [0, 0.1) is 6.92 Å². The first-order chi connectivity index (χ1) is 13.6. The number of carbonyl (C=O) groups is 1. The minimum Gasteiger partial charge on any atom is -0.458 e. The molecular formula is C21H20ClN3O3. The highest BCUT2D eigenvalue weighted by molar-refractivity contribution is 6.30. The van der Waals surface area contributed by atoms with Gasteiger partial charge in [0, 0.05) is 16.6 Å². The van der Waals surface area contributed by atoms with Crippen molar-refractivity contribution in [3.8, 4) is 11.5 Å². The summed E-state index contributed by atoms with van der Waals surface area (Å²) >= 11 is 5.93. The lowest BCUT2D eigenvalue weighted by Crippen LogP contribution is -2.37. The predicted octanol–water partition coefficient (Wildman–Crippen LogP) is 3.95. The van der Waals surface area contributed by atoms with Gasteiger partial charge in [-0.2, -0.15) is 0 Å². The predicted molar refractivity (Wildman–Crippen MR) is 105 cm³/mol. The van der Waals surface area contributed by atoms with E-state index < -0.39 is 6.04 Å². The molecule has 2 atom stereocenters. The number of aromatic nitrogens is 1. The highest BCUT2D eigenvalue weighted by atomic mass is 35.5. The van der Waals surface area contributed by atoms with Crippen molar-refractivity contribution in [2.75, 3.05) is 0 Å². The van der Waals surface area contributed by atoms with E-state index in [1.165, 1.54) is 0 Å². The summed E-state index contributed by atoms with van der Waals surface area (Å²) in [6.45, 7) is 1.89. The summed E-state index contributed by atoms with van der Waals surface area (Å²) < 4.78 is 11.2. The number of rotatable bonds is 5. The van der Waals surface area contributed by atoms with Gasteiger partial charge in [0.15, 0.2) is 0 Å². The summed E-state index contributed by atoms with van der Waals surface area (Å²) in [7, 11) is 0. The molecule has 0 amide bonds. The Morgan fingerprint density at radius 3 is 2.68 bits per heavy atom. The first-order valence-electron chi connectivity index (χ1n) is 9.05. The molecule has 28 heavy (non-hydrogen) atoms. The number of carbonyl (C=O) groups excluding carboxylic acids is 1. The van der Waals surface area contributed by atoms with Crippen LogP contribution >= 0.6 is 11.6 Å². The van der Waals surface area contributed by atoms with Crippen LogP contribution in [0.4, 0.5) is 0 Å². The molecular weight excluding hydrogens is 378 g/mol. The van der Waals surface area contributed by atoms with E-state index in [2.05, 4.69) is 15.8 Å². The molecule has 1 aliphatic heterocycles. The first-order valence-corrected chi connectivity index (χ1v) is 9.43. The van der Waals surface area contributed by atoms with Crippen LogP contribution < -0.4 is 10.9 Å². The highest BCUT2D eigenvalue weighted by Crippen LogP contribution is 2.25. The molecule has 1 fully saturated rings. The number of halogens is 1. The van der Waals surface area contributed by atoms with E-state index in [1.807, 2.05) is 61.5 Å². The smallest absolute Gasteiger partial charge is 0.324 e. The lowest BCUT2D eigenvalue weighted by Gasteiger charge is -2.09. The fourth-order valence-corrected chi connectivity index (χ4v) is 3.26. The maximum absolute atomic E-state index is 12.4. The van der Waals surface area contributed by atoms with Crippen molar-refractivity contribution in [1.29, 1.82) is 0 Å². The topological polar surface area (TPSA) is 76.4 Å². The SMILES string of the molecule is Cc1oc(-c2ccccc2)nc1COC(=O)C1CC(c2ccc(Cl)cc2)NN1. The van der Waals surface area contributed by atoms with E-state index in [-0.39, 0.29) is 18.6 Å². The first kappa shape index (κ1) is 18.7. The van der Waals surface area contributed by atoms with Gasteiger partial charge in [-0.05, 0) is 43.2 Å². The van der Waals surface area contributed by atoms with Crippen molar-refractivity contribution in [3.63, 3.8) is 0 Å². The van der Waals surface area contributed by atoms with Crippen molar-refractivity contribution >= 4 is 17.6 Å². The molecule has 6 nitrogen and oxygen atoms in total. The molecule has 4 rings (SSSR count). The van der Waals surface area contributed by atoms with Crippen LogP contribution in [0.5, 0.6) is 0 Å². The largest absolute Gasteiger partial charge is 0.458 e. The van der Waals surface area contributed by atoms with Gasteiger partial charge in [0.1, 0.15) is 24.1 Å². The molecule has 1 saturated heterocycles. The molecule has 7 heteroatoms. The Balaban J connectivity index is 1.35. The third-order valence-electron chi connectivity index (χ3n) is 4.72. The number of esters is 1. The number of aryl methyl sites for hydroxylation is 1. The summed E-state index contributed by atoms with van der Waals surface area (Å²) in [5.41, 5.74) is 8.70. The van der Waals surface area contributed by atoms with E-state index in [1.54, 1.807) is 0 Å². The van der Waals surface area contributed by atoms with Gasteiger partial charge in [-0.3, -0.25) is 4.79 Å². The van der Waals surface area contributed by atoms with Crippen molar-refractivity contribution < 1.29 is 13.9 Å². The zero-order chi connectivity index (χ0) is 19.5. The van der Waals surface area contributed by atoms with Gasteiger partial charge < -0.3 is 9.15 Å². The lowest BCUT2D eigenvalue weighted by atomic mass is 10.0. The van der Waals surface area contributed by atoms with Crippen LogP contribution in [0.15, 0.2) is 59.0 Å². The molecule has 2 N–H and O–H groups in total. The number of nitrogens with zero attached hydrogens (tertiary/aromatic N) is 1. The van der Waals surface area contributed by atoms with Gasteiger partial charge in [-0.25, -0.2) is 15.8 Å². The number of ether oxygens (including phenoxy) is 1. The van der Waals surface area contributed by atoms with Crippen molar-refractivity contribution in [1.82, 2.24) is 15.8 Å². The fraction of sp³-hybridized carbons (Fsp3) is 0.238. The average molecular weight is 398 g/mol. The minimum atomic E-state index is -0.429. The number of nitrogens with one attached hydrogen (secondary N) is 2. The van der Waals surface area contributed by atoms with Crippen molar-refractivity contribution in [3.05, 3.63) is 76.6 Å². The maximum atomic E-state index is 12.4. The van der Waals surface area contributed by atoms with Crippen molar-refractivity contribution in [2.45, 2.75) is 32.0 Å². The third-order valence-corrected chi connectivity index (χ3v) is 4.98. The summed E-state index contributed by atoms with van der Waals surface area (Å²) in [5.74, 6) is 0.837. The van der Waals surface area contributed by atoms with E-state index in [4.69, 9.17) is 20.8 Å². The van der Waals surface area contributed by atoms with Gasteiger partial charge in [0.05, 0.1) is 0 Å². The maximum Gasteiger partial charge on any atom is 0.324 e. The van der Waals surface area contributed by atoms with E-state index in [0.717, 1.165) is 11.1 Å². The molecule has 0 spiro atoms. The number of benzene rings is 2. The second kappa shape index (κ2) is 8.14. The molecule has 144 valence electrons. The summed E-state index contributed by atoms with van der Waals surface area (Å²) in [5, 5.41) is 0.684. The summed E-state index contributed by atoms with van der Waals surface area (Å²) in [4.78, 5) is 16.9. The molecule has 0 aliphatic carbocycles. The Kier molecular flexibility index (Phi) is 5.43. The monoisotopic (exact) mass is 397 g/mol. The third kappa shape index (κ3) is 4.09. The van der Waals surface area contributed by atoms with E-state index >= 15 is 0 Å². The fourth-order valence-electron chi connectivity index (χ4n) is 3.13. The molecule has 1 aromatic heterocycles. The van der Waals surface area contributed by atoms with Gasteiger partial charge in [-0.1, -0.05) is 41.9 Å². The Bertz CT molecular complexity index is 957. The Morgan fingerprint density at radius 2 is 1.93 bits per heavy atom. The van der Waals surface area contributed by atoms with Gasteiger partial charge in [0.2, 0.25) is 5.89 Å². The lowest BCUT2D eigenvalue weighted by molar-refractivity contribution is -0.147. The van der Waals surface area contributed by atoms with Crippen LogP contribution in [0.2, 0.25) is 5.02 Å². The Hall–Kier alpha value is -2.67. The van der Waals surface area contributed by atoms with Gasteiger partial charge >= 0.3 is 5.97 Å². The number of hydrogen-bond donors (Lipinski definition) is 2. The normalized spacial score (nSPS) is 18.9. The van der Waals surface area contributed by atoms with Crippen LogP contribution in [0.25, 0.3) is 11.5 Å². The minimum absolute atomic E-state index is 0.0216. The number of oxazole rings is 1. The van der Waals surface area contributed by atoms with Crippen LogP contribution in [-0.2, 0) is 16.1 Å². The second-order valence-electron chi connectivity index (χ2n) is 6.68. The zero-order valence-corrected chi connectivity index (χ0v) is 16.1. The van der Waals surface area contributed by atoms with E-state index in [0.29, 0.717) is 28.8 Å². The van der Waals surface area contributed by atoms with Crippen LogP contribution in [0.3, 0.4) is 0 Å². The van der Waals surface area contributed by atoms with Crippen LogP contribution in [0.1, 0.15) is 29.5 Å². The molecule has 2 aromatic carbocycles. The quantitative estimate of drug-likeness (QED) is 0.635. The van der Waals surface area contributed by atoms with Gasteiger partial charge in [0.25, 0.3) is 0 Å². The zero-order valence-electron chi connectivity index (χ0n) is 15.3. The number of hydrazine groups is 1. The Labute approximate surface area is 167 Å². The molecule has 1 aliphatic rings. The Morgan fingerprint density at radius 1 is 1.18 bits per heavy atom. The highest BCUT2D eigenvalue weighted by Gasteiger charge is 2.31. The molecule has 0 bridgehead atoms. The summed E-state index contributed by atoms with van der Waals surface area (Å²) in [6, 6.07) is 16.8. The standard InChI is InChI=1S/C21H20ClN3O3/c1-13-19(23-20(28-13)15-5-3-2-4-6-15)12-27-21(26)18-11-17(24-25-18)14-7-9-16(22)10-8-14/h2-10,17-18,24-25H,11-12H2,1H3. The van der Waals surface area contributed by atoms with E-state index in [9.17, 15) is 4.79 Å². The van der Waals surface area contributed by atoms with Crippen LogP contribution in [-0.4, -0.2) is 17.0 Å². The molecule has 0 saturated carbocycles. The second-order valence-corrected chi connectivity index (χ2v) is 7.11. The molecule has 2 heterocycles.